The summed E-state index contributed by atoms with van der Waals surface area (Å²) in [6.45, 7) is 6.33. The van der Waals surface area contributed by atoms with Gasteiger partial charge in [-0.15, -0.1) is 0 Å². The molecule has 0 amide bonds. The zero-order valence-corrected chi connectivity index (χ0v) is 18.4. The van der Waals surface area contributed by atoms with E-state index in [1.54, 1.807) is 6.08 Å². The van der Waals surface area contributed by atoms with Gasteiger partial charge in [-0.1, -0.05) is 111 Å². The molecule has 0 aliphatic heterocycles. The second-order valence-electron chi connectivity index (χ2n) is 6.67. The van der Waals surface area contributed by atoms with Crippen LogP contribution in [0.25, 0.3) is 4.91 Å². The third-order valence-corrected chi connectivity index (χ3v) is 5.91. The Balaban J connectivity index is 2.25. The smallest absolute Gasteiger partial charge is 0.186 e. The van der Waals surface area contributed by atoms with E-state index in [-0.39, 0.29) is 5.78 Å². The van der Waals surface area contributed by atoms with Crippen molar-refractivity contribution in [2.24, 2.45) is 0 Å². The summed E-state index contributed by atoms with van der Waals surface area (Å²) < 4.78 is 0.845. The second-order valence-corrected chi connectivity index (χ2v) is 8.34. The van der Waals surface area contributed by atoms with Crippen LogP contribution in [-0.4, -0.2) is 28.1 Å². The van der Waals surface area contributed by atoms with Crippen LogP contribution in [0.5, 0.6) is 0 Å². The summed E-state index contributed by atoms with van der Waals surface area (Å²) in [5, 5.41) is 0. The number of thiocarbonyl (C=S) groups is 1. The standard InChI is InChI=1S/C24H29NOS2/c1-3-5-17-25(18-6-4-2)24(27)28-23(21-15-11-8-12-16-21)19-22(26)20-13-9-7-10-14-20/h7-16,19H,3-6,17-18H2,1-2H3/b23-19-. The first-order chi connectivity index (χ1) is 13.7. The lowest BCUT2D eigenvalue weighted by atomic mass is 10.1. The van der Waals surface area contributed by atoms with Crippen LogP contribution in [0.1, 0.15) is 55.5 Å². The van der Waals surface area contributed by atoms with Crippen molar-refractivity contribution in [2.45, 2.75) is 39.5 Å². The number of allylic oxidation sites excluding steroid dienone is 1. The highest BCUT2D eigenvalue weighted by atomic mass is 32.2. The van der Waals surface area contributed by atoms with Crippen molar-refractivity contribution in [3.05, 3.63) is 77.9 Å². The molecule has 0 unspecified atom stereocenters. The molecular formula is C24H29NOS2. The highest BCUT2D eigenvalue weighted by molar-refractivity contribution is 8.29. The quantitative estimate of drug-likeness (QED) is 0.242. The molecule has 0 spiro atoms. The molecule has 0 heterocycles. The summed E-state index contributed by atoms with van der Waals surface area (Å²) in [6.07, 6.45) is 6.25. The lowest BCUT2D eigenvalue weighted by Crippen LogP contribution is -2.29. The minimum atomic E-state index is 0.00317. The number of benzene rings is 2. The molecule has 0 atom stereocenters. The van der Waals surface area contributed by atoms with Crippen molar-refractivity contribution < 1.29 is 4.79 Å². The van der Waals surface area contributed by atoms with Gasteiger partial charge in [0.15, 0.2) is 5.78 Å². The normalized spacial score (nSPS) is 11.3. The average molecular weight is 412 g/mol. The van der Waals surface area contributed by atoms with Crippen molar-refractivity contribution >= 4 is 39.0 Å². The Morgan fingerprint density at radius 3 is 1.89 bits per heavy atom. The van der Waals surface area contributed by atoms with Gasteiger partial charge in [-0.3, -0.25) is 4.79 Å². The van der Waals surface area contributed by atoms with E-state index in [1.165, 1.54) is 11.8 Å². The summed E-state index contributed by atoms with van der Waals surface area (Å²) in [6, 6.07) is 19.4. The van der Waals surface area contributed by atoms with Gasteiger partial charge in [0.1, 0.15) is 4.32 Å². The fraction of sp³-hybridized carbons (Fsp3) is 0.333. The molecule has 0 bridgehead atoms. The molecule has 0 N–H and O–H groups in total. The number of hydrogen-bond donors (Lipinski definition) is 0. The molecule has 0 aromatic heterocycles. The van der Waals surface area contributed by atoms with Crippen molar-refractivity contribution in [2.75, 3.05) is 13.1 Å². The highest BCUT2D eigenvalue weighted by Gasteiger charge is 2.15. The van der Waals surface area contributed by atoms with Gasteiger partial charge < -0.3 is 4.90 Å². The number of rotatable bonds is 10. The van der Waals surface area contributed by atoms with Gasteiger partial charge in [-0.2, -0.15) is 0 Å². The summed E-state index contributed by atoms with van der Waals surface area (Å²) >= 11 is 7.31. The van der Waals surface area contributed by atoms with E-state index < -0.39 is 0 Å². The number of hydrogen-bond acceptors (Lipinski definition) is 3. The molecule has 2 rings (SSSR count). The van der Waals surface area contributed by atoms with Crippen molar-refractivity contribution in [1.29, 1.82) is 0 Å². The van der Waals surface area contributed by atoms with E-state index >= 15 is 0 Å². The Morgan fingerprint density at radius 2 is 1.39 bits per heavy atom. The molecule has 0 aliphatic carbocycles. The van der Waals surface area contributed by atoms with Crippen LogP contribution < -0.4 is 0 Å². The topological polar surface area (TPSA) is 20.3 Å². The maximum atomic E-state index is 12.8. The highest BCUT2D eigenvalue weighted by Crippen LogP contribution is 2.31. The molecule has 2 aromatic carbocycles. The van der Waals surface area contributed by atoms with E-state index in [0.717, 1.165) is 53.6 Å². The molecule has 0 fully saturated rings. The first kappa shape index (κ1) is 22.4. The third-order valence-electron chi connectivity index (χ3n) is 4.40. The van der Waals surface area contributed by atoms with Gasteiger partial charge in [0.05, 0.1) is 0 Å². The van der Waals surface area contributed by atoms with Gasteiger partial charge in [0, 0.05) is 29.6 Å². The fourth-order valence-corrected chi connectivity index (χ4v) is 4.10. The Labute approximate surface area is 179 Å². The van der Waals surface area contributed by atoms with Crippen LogP contribution in [0.2, 0.25) is 0 Å². The van der Waals surface area contributed by atoms with Crippen molar-refractivity contribution in [3.63, 3.8) is 0 Å². The summed E-state index contributed by atoms with van der Waals surface area (Å²) in [5.74, 6) is 0.00317. The monoisotopic (exact) mass is 411 g/mol. The molecular weight excluding hydrogens is 382 g/mol. The number of carbonyl (C=O) groups is 1. The van der Waals surface area contributed by atoms with Gasteiger partial charge in [-0.05, 0) is 18.4 Å². The predicted octanol–water partition coefficient (Wildman–Crippen LogP) is 6.83. The third kappa shape index (κ3) is 7.25. The number of unbranched alkanes of at least 4 members (excludes halogenated alkanes) is 2. The molecule has 148 valence electrons. The molecule has 0 radical (unpaired) electrons. The van der Waals surface area contributed by atoms with E-state index in [9.17, 15) is 4.79 Å². The van der Waals surface area contributed by atoms with Gasteiger partial charge >= 0.3 is 0 Å². The minimum Gasteiger partial charge on any atom is -0.357 e. The Kier molecular flexibility index (Phi) is 10.0. The summed E-state index contributed by atoms with van der Waals surface area (Å²) in [7, 11) is 0. The number of ketones is 1. The number of nitrogens with zero attached hydrogens (tertiary/aromatic N) is 1. The molecule has 0 saturated heterocycles. The van der Waals surface area contributed by atoms with Crippen LogP contribution >= 0.6 is 24.0 Å². The Morgan fingerprint density at radius 1 is 0.893 bits per heavy atom. The molecule has 4 heteroatoms. The molecule has 0 saturated carbocycles. The van der Waals surface area contributed by atoms with Crippen LogP contribution in [-0.2, 0) is 0 Å². The maximum Gasteiger partial charge on any atom is 0.186 e. The summed E-state index contributed by atoms with van der Waals surface area (Å²) in [4.78, 5) is 16.0. The van der Waals surface area contributed by atoms with Crippen LogP contribution in [0.4, 0.5) is 0 Å². The maximum absolute atomic E-state index is 12.8. The lowest BCUT2D eigenvalue weighted by Gasteiger charge is -2.25. The first-order valence-corrected chi connectivity index (χ1v) is 11.2. The minimum absolute atomic E-state index is 0.00317. The first-order valence-electron chi connectivity index (χ1n) is 9.99. The molecule has 0 aliphatic rings. The van der Waals surface area contributed by atoms with E-state index in [1.807, 2.05) is 60.7 Å². The Bertz CT molecular complexity index is 764. The van der Waals surface area contributed by atoms with Crippen LogP contribution in [0.15, 0.2) is 66.7 Å². The van der Waals surface area contributed by atoms with E-state index in [0.29, 0.717) is 5.56 Å². The zero-order chi connectivity index (χ0) is 20.2. The fourth-order valence-electron chi connectivity index (χ4n) is 2.73. The van der Waals surface area contributed by atoms with E-state index in [2.05, 4.69) is 18.7 Å². The van der Waals surface area contributed by atoms with Crippen LogP contribution in [0, 0.1) is 0 Å². The average Bonchev–Trinajstić information content (AvgIpc) is 2.74. The molecule has 2 aromatic rings. The summed E-state index contributed by atoms with van der Waals surface area (Å²) in [5.41, 5.74) is 1.71. The van der Waals surface area contributed by atoms with Gasteiger partial charge in [0.25, 0.3) is 0 Å². The van der Waals surface area contributed by atoms with Crippen molar-refractivity contribution in [3.8, 4) is 0 Å². The number of thioether (sulfide) groups is 1. The van der Waals surface area contributed by atoms with Crippen molar-refractivity contribution in [1.82, 2.24) is 4.90 Å². The van der Waals surface area contributed by atoms with Gasteiger partial charge in [-0.25, -0.2) is 0 Å². The SMILES string of the molecule is CCCCN(CCCC)C(=S)S/C(=C\C(=O)c1ccccc1)c1ccccc1. The predicted molar refractivity (Wildman–Crippen MR) is 127 cm³/mol. The van der Waals surface area contributed by atoms with Gasteiger partial charge in [0.2, 0.25) is 0 Å². The molecule has 28 heavy (non-hydrogen) atoms. The Hall–Kier alpha value is -1.91. The number of carbonyl (C=O) groups excluding carboxylic acids is 1. The molecule has 2 nitrogen and oxygen atoms in total. The lowest BCUT2D eigenvalue weighted by molar-refractivity contribution is 0.104. The zero-order valence-electron chi connectivity index (χ0n) is 16.8. The second kappa shape index (κ2) is 12.5. The van der Waals surface area contributed by atoms with Crippen LogP contribution in [0.3, 0.4) is 0 Å². The van der Waals surface area contributed by atoms with E-state index in [4.69, 9.17) is 12.2 Å². The largest absolute Gasteiger partial charge is 0.357 e.